The Labute approximate surface area is 215 Å². The Morgan fingerprint density at radius 3 is 2.92 bits per heavy atom. The fourth-order valence-electron chi connectivity index (χ4n) is 4.92. The predicted octanol–water partition coefficient (Wildman–Crippen LogP) is 4.14. The van der Waals surface area contributed by atoms with Crippen LogP contribution in [0.1, 0.15) is 42.1 Å². The van der Waals surface area contributed by atoms with Gasteiger partial charge in [-0.05, 0) is 73.7 Å². The molecular formula is C29H28FN3O4. The highest BCUT2D eigenvalue weighted by molar-refractivity contribution is 5.83. The van der Waals surface area contributed by atoms with Gasteiger partial charge in [0.15, 0.2) is 0 Å². The number of fused-ring (bicyclic) bond motifs is 1. The first-order chi connectivity index (χ1) is 17.9. The molecule has 0 bridgehead atoms. The number of pyridine rings is 1. The molecule has 0 spiro atoms. The highest BCUT2D eigenvalue weighted by Crippen LogP contribution is 2.33. The molecule has 4 rings (SSSR count). The lowest BCUT2D eigenvalue weighted by molar-refractivity contribution is -0.146. The van der Waals surface area contributed by atoms with Crippen LogP contribution in [0.3, 0.4) is 0 Å². The zero-order valence-electron chi connectivity index (χ0n) is 20.5. The van der Waals surface area contributed by atoms with Crippen LogP contribution in [0, 0.1) is 40.8 Å². The molecule has 1 aliphatic rings. The van der Waals surface area contributed by atoms with Gasteiger partial charge in [-0.25, -0.2) is 4.39 Å². The van der Waals surface area contributed by atoms with Crippen LogP contribution >= 0.6 is 0 Å². The van der Waals surface area contributed by atoms with Gasteiger partial charge in [-0.15, -0.1) is 0 Å². The van der Waals surface area contributed by atoms with E-state index < -0.39 is 23.8 Å². The summed E-state index contributed by atoms with van der Waals surface area (Å²) in [5.74, 6) is 4.34. The third-order valence-corrected chi connectivity index (χ3v) is 6.96. The van der Waals surface area contributed by atoms with Gasteiger partial charge >= 0.3 is 5.97 Å². The maximum Gasteiger partial charge on any atom is 0.308 e. The highest BCUT2D eigenvalue weighted by Gasteiger charge is 2.34. The van der Waals surface area contributed by atoms with Gasteiger partial charge in [0.25, 0.3) is 0 Å². The number of ether oxygens (including phenoxy) is 1. The van der Waals surface area contributed by atoms with Gasteiger partial charge in [0, 0.05) is 23.7 Å². The molecule has 1 aliphatic heterocycles. The third-order valence-electron chi connectivity index (χ3n) is 6.96. The first kappa shape index (κ1) is 26.1. The summed E-state index contributed by atoms with van der Waals surface area (Å²) in [6, 6.07) is 13.5. The Kier molecular flexibility index (Phi) is 8.35. The minimum absolute atomic E-state index is 0.0765. The average molecular weight is 502 g/mol. The maximum absolute atomic E-state index is 13.8. The molecule has 2 aromatic carbocycles. The standard InChI is InChI=1S/C29H28FN3O4/c1-37-21-8-9-27-23(16-21)22(11-13-32-27)28(34)10-7-20-12-15-33(18-25(20)29(35)36)14-3-5-19-4-2-6-26(30)24(19)17-31/h2,4,6,8-9,11,13,16,20,25,28,34H,7,10,12,14-15,18H2,1H3,(H,35,36)/t20-,25+,28?/m1/s1. The molecular weight excluding hydrogens is 473 g/mol. The second-order valence-electron chi connectivity index (χ2n) is 9.18. The lowest BCUT2D eigenvalue weighted by Crippen LogP contribution is -2.44. The molecule has 2 heterocycles. The van der Waals surface area contributed by atoms with Crippen LogP contribution in [0.25, 0.3) is 10.9 Å². The molecule has 0 saturated carbocycles. The first-order valence-electron chi connectivity index (χ1n) is 12.1. The zero-order chi connectivity index (χ0) is 26.4. The maximum atomic E-state index is 13.8. The zero-order valence-corrected chi connectivity index (χ0v) is 20.5. The molecule has 0 aliphatic carbocycles. The number of aromatic nitrogens is 1. The van der Waals surface area contributed by atoms with Crippen LogP contribution in [-0.2, 0) is 4.79 Å². The lowest BCUT2D eigenvalue weighted by atomic mass is 9.81. The molecule has 0 radical (unpaired) electrons. The van der Waals surface area contributed by atoms with Crippen LogP contribution in [0.15, 0.2) is 48.7 Å². The summed E-state index contributed by atoms with van der Waals surface area (Å²) in [6.45, 7) is 1.34. The molecule has 190 valence electrons. The van der Waals surface area contributed by atoms with Gasteiger partial charge in [0.2, 0.25) is 0 Å². The second kappa shape index (κ2) is 11.8. The number of benzene rings is 2. The van der Waals surface area contributed by atoms with Gasteiger partial charge in [0.1, 0.15) is 23.2 Å². The number of carboxylic acid groups (broad SMARTS) is 1. The summed E-state index contributed by atoms with van der Waals surface area (Å²) >= 11 is 0. The number of methoxy groups -OCH3 is 1. The van der Waals surface area contributed by atoms with Crippen molar-refractivity contribution in [3.8, 4) is 23.7 Å². The Bertz CT molecular complexity index is 1390. The van der Waals surface area contributed by atoms with Gasteiger partial charge in [-0.1, -0.05) is 17.9 Å². The number of nitrogens with zero attached hydrogens (tertiary/aromatic N) is 3. The van der Waals surface area contributed by atoms with E-state index in [2.05, 4.69) is 16.8 Å². The van der Waals surface area contributed by atoms with E-state index in [0.29, 0.717) is 50.2 Å². The van der Waals surface area contributed by atoms with Crippen molar-refractivity contribution >= 4 is 16.9 Å². The number of likely N-dealkylation sites (tertiary alicyclic amines) is 1. The number of piperidine rings is 1. The highest BCUT2D eigenvalue weighted by atomic mass is 19.1. The van der Waals surface area contributed by atoms with Crippen molar-refractivity contribution in [3.63, 3.8) is 0 Å². The quantitative estimate of drug-likeness (QED) is 0.469. The van der Waals surface area contributed by atoms with E-state index in [9.17, 15) is 19.4 Å². The Balaban J connectivity index is 1.39. The largest absolute Gasteiger partial charge is 0.497 e. The summed E-state index contributed by atoms with van der Waals surface area (Å²) in [5.41, 5.74) is 1.74. The van der Waals surface area contributed by atoms with Crippen molar-refractivity contribution in [1.29, 1.82) is 5.26 Å². The molecule has 1 fully saturated rings. The molecule has 1 unspecified atom stereocenters. The smallest absolute Gasteiger partial charge is 0.308 e. The van der Waals surface area contributed by atoms with E-state index in [1.165, 1.54) is 12.1 Å². The fourth-order valence-corrected chi connectivity index (χ4v) is 4.92. The summed E-state index contributed by atoms with van der Waals surface area (Å²) in [4.78, 5) is 18.4. The minimum atomic E-state index is -0.867. The summed E-state index contributed by atoms with van der Waals surface area (Å²) in [7, 11) is 1.59. The van der Waals surface area contributed by atoms with E-state index in [1.807, 2.05) is 29.2 Å². The van der Waals surface area contributed by atoms with Crippen molar-refractivity contribution in [1.82, 2.24) is 9.88 Å². The molecule has 7 nitrogen and oxygen atoms in total. The summed E-state index contributed by atoms with van der Waals surface area (Å²) in [6.07, 6.45) is 2.58. The van der Waals surface area contributed by atoms with Gasteiger partial charge in [0.05, 0.1) is 31.2 Å². The molecule has 2 N–H and O–H groups in total. The molecule has 1 aromatic heterocycles. The van der Waals surface area contributed by atoms with Crippen molar-refractivity contribution < 1.29 is 24.1 Å². The predicted molar refractivity (Wildman–Crippen MR) is 136 cm³/mol. The van der Waals surface area contributed by atoms with Crippen molar-refractivity contribution in [2.45, 2.75) is 25.4 Å². The normalized spacial score (nSPS) is 18.4. The lowest BCUT2D eigenvalue weighted by Gasteiger charge is -2.36. The number of halogens is 1. The number of nitriles is 1. The summed E-state index contributed by atoms with van der Waals surface area (Å²) < 4.78 is 19.1. The number of hydrogen-bond donors (Lipinski definition) is 2. The van der Waals surface area contributed by atoms with Crippen LogP contribution in [0.5, 0.6) is 5.75 Å². The third kappa shape index (κ3) is 6.06. The van der Waals surface area contributed by atoms with Crippen LogP contribution < -0.4 is 4.74 Å². The number of hydrogen-bond acceptors (Lipinski definition) is 6. The van der Waals surface area contributed by atoms with Gasteiger partial charge < -0.3 is 14.9 Å². The Morgan fingerprint density at radius 1 is 1.32 bits per heavy atom. The van der Waals surface area contributed by atoms with E-state index in [0.717, 1.165) is 16.5 Å². The topological polar surface area (TPSA) is 107 Å². The van der Waals surface area contributed by atoms with Crippen LogP contribution in [-0.4, -0.2) is 52.8 Å². The number of aliphatic hydroxyl groups is 1. The molecule has 3 aromatic rings. The molecule has 0 amide bonds. The van der Waals surface area contributed by atoms with E-state index in [-0.39, 0.29) is 11.5 Å². The minimum Gasteiger partial charge on any atom is -0.497 e. The molecule has 37 heavy (non-hydrogen) atoms. The number of aliphatic carboxylic acids is 1. The van der Waals surface area contributed by atoms with E-state index >= 15 is 0 Å². The summed E-state index contributed by atoms with van der Waals surface area (Å²) in [5, 5.41) is 30.8. The van der Waals surface area contributed by atoms with E-state index in [4.69, 9.17) is 10.00 Å². The van der Waals surface area contributed by atoms with Crippen molar-refractivity contribution in [3.05, 3.63) is 71.2 Å². The SMILES string of the molecule is COc1ccc2nccc(C(O)CC[C@@H]3CCN(CC#Cc4cccc(F)c4C#N)C[C@@H]3C(=O)O)c2c1. The van der Waals surface area contributed by atoms with Crippen LogP contribution in [0.4, 0.5) is 4.39 Å². The van der Waals surface area contributed by atoms with Crippen molar-refractivity contribution in [2.75, 3.05) is 26.7 Å². The van der Waals surface area contributed by atoms with Crippen molar-refractivity contribution in [2.24, 2.45) is 11.8 Å². The Hall–Kier alpha value is -3.98. The number of carbonyl (C=O) groups is 1. The first-order valence-corrected chi connectivity index (χ1v) is 12.1. The van der Waals surface area contributed by atoms with Gasteiger partial charge in [-0.2, -0.15) is 5.26 Å². The number of aliphatic hydroxyl groups excluding tert-OH is 1. The number of rotatable bonds is 7. The van der Waals surface area contributed by atoms with Gasteiger partial charge in [-0.3, -0.25) is 14.7 Å². The molecule has 3 atom stereocenters. The molecule has 8 heteroatoms. The number of carboxylic acids is 1. The fraction of sp³-hybridized carbons (Fsp3) is 0.345. The Morgan fingerprint density at radius 2 is 2.16 bits per heavy atom. The average Bonchev–Trinajstić information content (AvgIpc) is 2.91. The molecule has 1 saturated heterocycles. The van der Waals surface area contributed by atoms with E-state index in [1.54, 1.807) is 25.4 Å². The van der Waals surface area contributed by atoms with Crippen LogP contribution in [0.2, 0.25) is 0 Å². The second-order valence-corrected chi connectivity index (χ2v) is 9.18. The monoisotopic (exact) mass is 501 g/mol.